The van der Waals surface area contributed by atoms with Crippen molar-refractivity contribution >= 4 is 5.97 Å². The van der Waals surface area contributed by atoms with Gasteiger partial charge in [0.15, 0.2) is 0 Å². The molecular weight excluding hydrogens is 354 g/mol. The van der Waals surface area contributed by atoms with Gasteiger partial charge in [-0.25, -0.2) is 0 Å². The van der Waals surface area contributed by atoms with Crippen molar-refractivity contribution in [2.24, 2.45) is 0 Å². The van der Waals surface area contributed by atoms with E-state index < -0.39 is 5.97 Å². The smallest absolute Gasteiger partial charge is 0.303 e. The maximum absolute atomic E-state index is 10.4. The molecule has 0 aromatic carbocycles. The summed E-state index contributed by atoms with van der Waals surface area (Å²) < 4.78 is 1.09. The summed E-state index contributed by atoms with van der Waals surface area (Å²) in [6.07, 6.45) is 17.2. The zero-order chi connectivity index (χ0) is 16.7. The molecule has 140 valence electrons. The third kappa shape index (κ3) is 24.3. The van der Waals surface area contributed by atoms with Gasteiger partial charge in [0, 0.05) is 6.42 Å². The van der Waals surface area contributed by atoms with Crippen molar-refractivity contribution in [3.8, 4) is 0 Å². The molecule has 0 aromatic rings. The van der Waals surface area contributed by atoms with Gasteiger partial charge in [-0.1, -0.05) is 64.2 Å². The number of aliphatic carboxylic acids is 1. The number of carboxylic acid groups (broad SMARTS) is 1. The number of carbonyl (C=O) groups is 1. The first-order valence-electron chi connectivity index (χ1n) is 9.44. The van der Waals surface area contributed by atoms with Crippen molar-refractivity contribution in [1.82, 2.24) is 0 Å². The highest BCUT2D eigenvalue weighted by Crippen LogP contribution is 2.13. The number of hydrogen-bond donors (Lipinski definition) is 1. The normalized spacial score (nSPS) is 11.3. The molecule has 1 N–H and O–H groups in total. The molecule has 0 aliphatic rings. The van der Waals surface area contributed by atoms with Crippen LogP contribution in [0, 0.1) is 0 Å². The van der Waals surface area contributed by atoms with Crippen LogP contribution in [0.4, 0.5) is 0 Å². The van der Waals surface area contributed by atoms with E-state index in [-0.39, 0.29) is 17.0 Å². The molecule has 0 amide bonds. The Labute approximate surface area is 155 Å². The predicted octanol–water partition coefficient (Wildman–Crippen LogP) is 2.24. The van der Waals surface area contributed by atoms with E-state index in [4.69, 9.17) is 5.11 Å². The molecule has 0 unspecified atom stereocenters. The van der Waals surface area contributed by atoms with Crippen LogP contribution in [0.25, 0.3) is 0 Å². The Morgan fingerprint density at radius 1 is 0.652 bits per heavy atom. The van der Waals surface area contributed by atoms with Gasteiger partial charge in [0.25, 0.3) is 0 Å². The van der Waals surface area contributed by atoms with E-state index >= 15 is 0 Å². The lowest BCUT2D eigenvalue weighted by Gasteiger charge is -2.23. The number of quaternary nitrogens is 1. The maximum Gasteiger partial charge on any atom is 0.303 e. The van der Waals surface area contributed by atoms with E-state index in [0.29, 0.717) is 6.42 Å². The fraction of sp³-hybridized carbons (Fsp3) is 0.947. The molecule has 23 heavy (non-hydrogen) atoms. The van der Waals surface area contributed by atoms with Crippen LogP contribution in [0.3, 0.4) is 0 Å². The van der Waals surface area contributed by atoms with E-state index in [1.807, 2.05) is 0 Å². The van der Waals surface area contributed by atoms with Crippen molar-refractivity contribution in [2.45, 2.75) is 89.9 Å². The second-order valence-electron chi connectivity index (χ2n) is 7.75. The molecular formula is C19H40BrNO2. The van der Waals surface area contributed by atoms with Crippen LogP contribution in [0.2, 0.25) is 0 Å². The Morgan fingerprint density at radius 2 is 0.957 bits per heavy atom. The summed E-state index contributed by atoms with van der Waals surface area (Å²) in [5.74, 6) is -0.655. The largest absolute Gasteiger partial charge is 1.00 e. The second kappa shape index (κ2) is 16.8. The first-order valence-corrected chi connectivity index (χ1v) is 9.44. The SMILES string of the molecule is C[N+](C)(C)CCCCCCCCCCCCCCCC(=O)O.[Br-]. The number of rotatable bonds is 16. The molecule has 0 bridgehead atoms. The van der Waals surface area contributed by atoms with E-state index in [0.717, 1.165) is 17.3 Å². The molecule has 0 heterocycles. The van der Waals surface area contributed by atoms with Crippen LogP contribution in [-0.4, -0.2) is 43.2 Å². The van der Waals surface area contributed by atoms with E-state index in [2.05, 4.69) is 21.1 Å². The molecule has 0 aliphatic heterocycles. The zero-order valence-corrected chi connectivity index (χ0v) is 17.4. The predicted molar refractivity (Wildman–Crippen MR) is 95.2 cm³/mol. The highest BCUT2D eigenvalue weighted by molar-refractivity contribution is 5.66. The lowest BCUT2D eigenvalue weighted by Crippen LogP contribution is -3.00. The quantitative estimate of drug-likeness (QED) is 0.322. The molecule has 0 aliphatic carbocycles. The number of nitrogens with zero attached hydrogens (tertiary/aromatic N) is 1. The van der Waals surface area contributed by atoms with Gasteiger partial charge in [-0.2, -0.15) is 0 Å². The summed E-state index contributed by atoms with van der Waals surface area (Å²) in [4.78, 5) is 10.4. The van der Waals surface area contributed by atoms with E-state index in [1.54, 1.807) is 0 Å². The average molecular weight is 394 g/mol. The molecule has 3 nitrogen and oxygen atoms in total. The fourth-order valence-electron chi connectivity index (χ4n) is 2.81. The minimum Gasteiger partial charge on any atom is -1.00 e. The molecule has 0 radical (unpaired) electrons. The van der Waals surface area contributed by atoms with Crippen LogP contribution in [0.5, 0.6) is 0 Å². The summed E-state index contributed by atoms with van der Waals surface area (Å²) >= 11 is 0. The Morgan fingerprint density at radius 3 is 1.26 bits per heavy atom. The van der Waals surface area contributed by atoms with Gasteiger partial charge in [-0.3, -0.25) is 4.79 Å². The van der Waals surface area contributed by atoms with Crippen LogP contribution in [0.15, 0.2) is 0 Å². The van der Waals surface area contributed by atoms with Gasteiger partial charge in [-0.05, 0) is 19.3 Å². The summed E-state index contributed by atoms with van der Waals surface area (Å²) in [7, 11) is 6.81. The molecule has 0 saturated carbocycles. The van der Waals surface area contributed by atoms with Crippen LogP contribution < -0.4 is 17.0 Å². The molecule has 0 atom stereocenters. The van der Waals surface area contributed by atoms with Crippen molar-refractivity contribution in [1.29, 1.82) is 0 Å². The summed E-state index contributed by atoms with van der Waals surface area (Å²) in [6, 6.07) is 0. The van der Waals surface area contributed by atoms with Gasteiger partial charge >= 0.3 is 5.97 Å². The van der Waals surface area contributed by atoms with Crippen LogP contribution in [-0.2, 0) is 4.79 Å². The highest BCUT2D eigenvalue weighted by Gasteiger charge is 2.04. The van der Waals surface area contributed by atoms with Gasteiger partial charge in [0.05, 0.1) is 27.7 Å². The summed E-state index contributed by atoms with van der Waals surface area (Å²) in [5, 5.41) is 8.54. The van der Waals surface area contributed by atoms with Gasteiger partial charge in [-0.15, -0.1) is 0 Å². The van der Waals surface area contributed by atoms with E-state index in [9.17, 15) is 4.79 Å². The fourth-order valence-corrected chi connectivity index (χ4v) is 2.81. The summed E-state index contributed by atoms with van der Waals surface area (Å²) in [6.45, 7) is 1.30. The zero-order valence-electron chi connectivity index (χ0n) is 15.8. The molecule has 4 heteroatoms. The van der Waals surface area contributed by atoms with E-state index in [1.165, 1.54) is 77.2 Å². The number of unbranched alkanes of at least 4 members (excludes halogenated alkanes) is 12. The lowest BCUT2D eigenvalue weighted by molar-refractivity contribution is -0.870. The van der Waals surface area contributed by atoms with Gasteiger partial charge in [0.2, 0.25) is 0 Å². The third-order valence-corrected chi connectivity index (χ3v) is 4.22. The van der Waals surface area contributed by atoms with Gasteiger partial charge < -0.3 is 26.6 Å². The van der Waals surface area contributed by atoms with Crippen LogP contribution in [0.1, 0.15) is 89.9 Å². The summed E-state index contributed by atoms with van der Waals surface area (Å²) in [5.41, 5.74) is 0. The molecule has 0 aromatic heterocycles. The topological polar surface area (TPSA) is 37.3 Å². The Bertz CT molecular complexity index is 265. The third-order valence-electron chi connectivity index (χ3n) is 4.22. The van der Waals surface area contributed by atoms with Gasteiger partial charge in [0.1, 0.15) is 0 Å². The first-order chi connectivity index (χ1) is 10.4. The highest BCUT2D eigenvalue weighted by atomic mass is 79.9. The van der Waals surface area contributed by atoms with Crippen molar-refractivity contribution in [3.63, 3.8) is 0 Å². The van der Waals surface area contributed by atoms with Crippen molar-refractivity contribution in [3.05, 3.63) is 0 Å². The molecule has 0 rings (SSSR count). The Kier molecular flexibility index (Phi) is 18.3. The van der Waals surface area contributed by atoms with Crippen molar-refractivity contribution in [2.75, 3.05) is 27.7 Å². The number of carboxylic acids is 1. The number of halogens is 1. The average Bonchev–Trinajstić information content (AvgIpc) is 2.41. The molecule has 0 saturated heterocycles. The van der Waals surface area contributed by atoms with Crippen LogP contribution >= 0.6 is 0 Å². The standard InChI is InChI=1S/C19H39NO2.BrH/c1-20(2,3)18-16-14-12-10-8-6-4-5-7-9-11-13-15-17-19(21)22;/h4-18H2,1-3H3;1H. The minimum absolute atomic E-state index is 0. The monoisotopic (exact) mass is 393 g/mol. The molecule has 0 fully saturated rings. The maximum atomic E-state index is 10.4. The number of hydrogen-bond acceptors (Lipinski definition) is 1. The Balaban J connectivity index is 0. The first kappa shape index (κ1) is 25.2. The second-order valence-corrected chi connectivity index (χ2v) is 7.75. The Hall–Kier alpha value is -0.0900. The van der Waals surface area contributed by atoms with Crippen molar-refractivity contribution < 1.29 is 31.4 Å². The minimum atomic E-state index is -0.655. The molecule has 0 spiro atoms. The lowest BCUT2D eigenvalue weighted by atomic mass is 10.0.